The van der Waals surface area contributed by atoms with E-state index in [2.05, 4.69) is 16.0 Å². The molecule has 1 aliphatic heterocycles. The minimum Gasteiger partial charge on any atom is -0.462 e. The van der Waals surface area contributed by atoms with E-state index in [1.165, 1.54) is 16.8 Å². The number of hydrogen-bond donors (Lipinski definition) is 2. The number of terminal acetylenes is 1. The van der Waals surface area contributed by atoms with Crippen molar-refractivity contribution in [3.05, 3.63) is 63.4 Å². The van der Waals surface area contributed by atoms with Gasteiger partial charge in [-0.25, -0.2) is 9.88 Å². The highest BCUT2D eigenvalue weighted by atomic mass is 32.5. The molecule has 1 aromatic heterocycles. The average molecular weight is 582 g/mol. The molecule has 38 heavy (non-hydrogen) atoms. The van der Waals surface area contributed by atoms with Gasteiger partial charge in [-0.05, 0) is 62.6 Å². The Morgan fingerprint density at radius 2 is 2.08 bits per heavy atom. The Hall–Kier alpha value is -2.39. The SMILES string of the molecule is C#CC1CC(COP(=S)(NC(CCSC)C(=O)OC(C)C)Oc2ccccc2)OC1n1ccc(=O)[nH]c1=O. The maximum absolute atomic E-state index is 12.8. The van der Waals surface area contributed by atoms with E-state index in [1.807, 2.05) is 12.3 Å². The summed E-state index contributed by atoms with van der Waals surface area (Å²) in [6, 6.07) is 9.43. The number of ether oxygens (including phenoxy) is 2. The summed E-state index contributed by atoms with van der Waals surface area (Å²) >= 11 is 7.44. The fourth-order valence-corrected chi connectivity index (χ4v) is 6.61. The van der Waals surface area contributed by atoms with Gasteiger partial charge < -0.3 is 18.5 Å². The van der Waals surface area contributed by atoms with Crippen molar-refractivity contribution < 1.29 is 23.3 Å². The van der Waals surface area contributed by atoms with Crippen LogP contribution in [0.3, 0.4) is 0 Å². The van der Waals surface area contributed by atoms with E-state index >= 15 is 0 Å². The average Bonchev–Trinajstić information content (AvgIpc) is 3.28. The monoisotopic (exact) mass is 581 g/mol. The van der Waals surface area contributed by atoms with Gasteiger partial charge in [0.1, 0.15) is 11.8 Å². The first kappa shape index (κ1) is 30.2. The van der Waals surface area contributed by atoms with Gasteiger partial charge in [0, 0.05) is 12.3 Å². The van der Waals surface area contributed by atoms with E-state index in [0.717, 1.165) is 0 Å². The van der Waals surface area contributed by atoms with E-state index in [0.29, 0.717) is 24.3 Å². The Balaban J connectivity index is 1.79. The van der Waals surface area contributed by atoms with Crippen molar-refractivity contribution in [1.29, 1.82) is 0 Å². The Morgan fingerprint density at radius 3 is 2.71 bits per heavy atom. The topological polar surface area (TPSA) is 121 Å². The number of thioether (sulfide) groups is 1. The van der Waals surface area contributed by atoms with Crippen LogP contribution in [-0.2, 0) is 30.6 Å². The largest absolute Gasteiger partial charge is 0.462 e. The normalized spacial score (nSPS) is 21.4. The van der Waals surface area contributed by atoms with Crippen LogP contribution in [0, 0.1) is 18.3 Å². The second kappa shape index (κ2) is 14.1. The van der Waals surface area contributed by atoms with E-state index in [4.69, 9.17) is 36.8 Å². The Bertz CT molecular complexity index is 1280. The second-order valence-corrected chi connectivity index (χ2v) is 12.9. The number of aromatic amines is 1. The zero-order chi connectivity index (χ0) is 27.7. The summed E-state index contributed by atoms with van der Waals surface area (Å²) in [4.78, 5) is 38.8. The fraction of sp³-hybridized carbons (Fsp3) is 0.480. The first-order chi connectivity index (χ1) is 18.1. The van der Waals surface area contributed by atoms with Crippen LogP contribution in [0.5, 0.6) is 5.75 Å². The number of para-hydroxylation sites is 1. The van der Waals surface area contributed by atoms with Gasteiger partial charge in [-0.2, -0.15) is 11.8 Å². The van der Waals surface area contributed by atoms with E-state index < -0.39 is 48.2 Å². The summed E-state index contributed by atoms with van der Waals surface area (Å²) in [6.07, 6.45) is 8.26. The molecule has 206 valence electrons. The molecular weight excluding hydrogens is 549 g/mol. The van der Waals surface area contributed by atoms with Crippen molar-refractivity contribution in [2.24, 2.45) is 5.92 Å². The van der Waals surface area contributed by atoms with Crippen molar-refractivity contribution in [2.75, 3.05) is 18.6 Å². The Kier molecular flexibility index (Phi) is 11.2. The molecule has 2 aromatic rings. The molecule has 5 atom stereocenters. The Labute approximate surface area is 231 Å². The Morgan fingerprint density at radius 1 is 1.34 bits per heavy atom. The summed E-state index contributed by atoms with van der Waals surface area (Å²) in [5.41, 5.74) is -1.14. The molecular formula is C25H32N3O7PS2. The first-order valence-electron chi connectivity index (χ1n) is 12.0. The predicted octanol–water partition coefficient (Wildman–Crippen LogP) is 3.06. The smallest absolute Gasteiger partial charge is 0.330 e. The molecule has 2 heterocycles. The number of benzene rings is 1. The van der Waals surface area contributed by atoms with Gasteiger partial charge in [0.2, 0.25) is 0 Å². The summed E-state index contributed by atoms with van der Waals surface area (Å²) in [7, 11) is 0. The third-order valence-corrected chi connectivity index (χ3v) is 8.56. The van der Waals surface area contributed by atoms with Crippen molar-refractivity contribution in [2.45, 2.75) is 51.2 Å². The number of nitrogens with one attached hydrogen (secondary N) is 2. The summed E-state index contributed by atoms with van der Waals surface area (Å²) in [6.45, 7) is 0.256. The lowest BCUT2D eigenvalue weighted by atomic mass is 10.0. The molecule has 0 spiro atoms. The maximum atomic E-state index is 12.8. The zero-order valence-electron chi connectivity index (χ0n) is 21.4. The van der Waals surface area contributed by atoms with Gasteiger partial charge in [0.15, 0.2) is 6.23 Å². The van der Waals surface area contributed by atoms with Crippen molar-refractivity contribution >= 4 is 36.2 Å². The minimum atomic E-state index is -3.30. The molecule has 0 saturated carbocycles. The van der Waals surface area contributed by atoms with Crippen LogP contribution in [0.4, 0.5) is 0 Å². The van der Waals surface area contributed by atoms with Crippen LogP contribution in [-0.4, -0.2) is 52.4 Å². The van der Waals surface area contributed by atoms with Crippen LogP contribution in [0.25, 0.3) is 0 Å². The fourth-order valence-electron chi connectivity index (χ4n) is 3.76. The highest BCUT2D eigenvalue weighted by molar-refractivity contribution is 8.09. The van der Waals surface area contributed by atoms with Crippen LogP contribution in [0.15, 0.2) is 52.2 Å². The van der Waals surface area contributed by atoms with Crippen LogP contribution in [0.2, 0.25) is 0 Å². The molecule has 2 N–H and O–H groups in total. The van der Waals surface area contributed by atoms with E-state index in [-0.39, 0.29) is 12.7 Å². The highest BCUT2D eigenvalue weighted by Crippen LogP contribution is 2.47. The zero-order valence-corrected chi connectivity index (χ0v) is 23.9. The third kappa shape index (κ3) is 8.56. The minimum absolute atomic E-state index is 0.00162. The number of carbonyl (C=O) groups is 1. The number of esters is 1. The summed E-state index contributed by atoms with van der Waals surface area (Å²) in [5, 5.41) is 3.13. The molecule has 10 nitrogen and oxygen atoms in total. The maximum Gasteiger partial charge on any atom is 0.330 e. The predicted molar refractivity (Wildman–Crippen MR) is 151 cm³/mol. The van der Waals surface area contributed by atoms with Crippen LogP contribution < -0.4 is 20.9 Å². The van der Waals surface area contributed by atoms with Crippen molar-refractivity contribution in [3.63, 3.8) is 0 Å². The standard InChI is InChI=1S/C25H32N3O7PS2/c1-5-18-15-20(34-23(18)28-13-11-22(29)26-25(28)31)16-32-36(37,35-19-9-7-6-8-10-19)27-21(12-14-38-4)24(30)33-17(2)3/h1,6-11,13,17-18,20-21,23H,12,14-16H2,2-4H3,(H,27,37)(H,26,29,31). The number of carbonyl (C=O) groups excluding carboxylic acids is 1. The van der Waals surface area contributed by atoms with E-state index in [1.54, 1.807) is 49.9 Å². The number of nitrogens with zero attached hydrogens (tertiary/aromatic N) is 1. The molecule has 0 bridgehead atoms. The number of aromatic nitrogens is 2. The molecule has 0 aliphatic carbocycles. The highest BCUT2D eigenvalue weighted by Gasteiger charge is 2.38. The number of hydrogen-bond acceptors (Lipinski definition) is 9. The second-order valence-electron chi connectivity index (χ2n) is 8.82. The quantitative estimate of drug-likeness (QED) is 0.207. The first-order valence-corrected chi connectivity index (χ1v) is 16.1. The van der Waals surface area contributed by atoms with Gasteiger partial charge in [-0.1, -0.05) is 24.1 Å². The molecule has 3 rings (SSSR count). The van der Waals surface area contributed by atoms with Crippen molar-refractivity contribution in [3.8, 4) is 18.1 Å². The molecule has 1 fully saturated rings. The van der Waals surface area contributed by atoms with Crippen LogP contribution in [0.1, 0.15) is 32.9 Å². The lowest BCUT2D eigenvalue weighted by Crippen LogP contribution is -2.39. The molecule has 1 aliphatic rings. The van der Waals surface area contributed by atoms with Gasteiger partial charge in [-0.15, -0.1) is 6.42 Å². The van der Waals surface area contributed by atoms with Gasteiger partial charge in [0.05, 0.1) is 24.7 Å². The summed E-state index contributed by atoms with van der Waals surface area (Å²) in [5.74, 6) is 2.94. The number of H-pyrrole nitrogens is 1. The van der Waals surface area contributed by atoms with Crippen molar-refractivity contribution in [1.82, 2.24) is 14.6 Å². The number of rotatable bonds is 13. The van der Waals surface area contributed by atoms with Gasteiger partial charge in [0.25, 0.3) is 5.56 Å². The lowest BCUT2D eigenvalue weighted by Gasteiger charge is -2.29. The lowest BCUT2D eigenvalue weighted by molar-refractivity contribution is -0.149. The van der Waals surface area contributed by atoms with Crippen LogP contribution >= 0.6 is 18.4 Å². The molecule has 1 aromatic carbocycles. The molecule has 0 amide bonds. The van der Waals surface area contributed by atoms with Gasteiger partial charge in [-0.3, -0.25) is 19.1 Å². The molecule has 13 heteroatoms. The van der Waals surface area contributed by atoms with Gasteiger partial charge >= 0.3 is 18.3 Å². The molecule has 5 unspecified atom stereocenters. The van der Waals surface area contributed by atoms with E-state index in [9.17, 15) is 14.4 Å². The molecule has 0 radical (unpaired) electrons. The summed E-state index contributed by atoms with van der Waals surface area (Å²) < 4.78 is 25.0. The third-order valence-electron chi connectivity index (χ3n) is 5.49. The molecule has 1 saturated heterocycles.